The minimum atomic E-state index is 0.727. The molecule has 2 aliphatic carbocycles. The number of rotatable bonds is 0. The summed E-state index contributed by atoms with van der Waals surface area (Å²) >= 11 is 20.8. The number of hydrogen-bond donors (Lipinski definition) is 0. The first-order valence-electron chi connectivity index (χ1n) is 3.89. The van der Waals surface area contributed by atoms with E-state index in [0.29, 0.717) is 0 Å². The molecule has 0 N–H and O–H groups in total. The maximum atomic E-state index is 5.20. The van der Waals surface area contributed by atoms with Crippen LogP contribution in [0, 0.1) is 28.5 Å². The van der Waals surface area contributed by atoms with Crippen molar-refractivity contribution in [3.63, 3.8) is 0 Å². The molecule has 0 unspecified atom stereocenters. The van der Waals surface area contributed by atoms with Crippen molar-refractivity contribution < 1.29 is 0 Å². The zero-order chi connectivity index (χ0) is 10.3. The lowest BCUT2D eigenvalue weighted by atomic mass is 10.2. The van der Waals surface area contributed by atoms with Crippen LogP contribution in [0.15, 0.2) is 24.3 Å². The summed E-state index contributed by atoms with van der Waals surface area (Å²) in [4.78, 5) is 0. The monoisotopic (exact) mass is 252 g/mol. The van der Waals surface area contributed by atoms with Gasteiger partial charge in [0.2, 0.25) is 0 Å². The maximum Gasteiger partial charge on any atom is 0.0471 e. The highest BCUT2D eigenvalue weighted by Crippen LogP contribution is 2.08. The average Bonchev–Trinajstić information content (AvgIpc) is 2.16. The molecule has 0 bridgehead atoms. The third-order valence-corrected chi connectivity index (χ3v) is 3.37. The summed E-state index contributed by atoms with van der Waals surface area (Å²) in [6.45, 7) is 0. The Morgan fingerprint density at radius 2 is 0.714 bits per heavy atom. The summed E-state index contributed by atoms with van der Waals surface area (Å²) < 4.78 is 2.91. The molecule has 0 saturated carbocycles. The zero-order valence-corrected chi connectivity index (χ0v) is 10.2. The van der Waals surface area contributed by atoms with Crippen molar-refractivity contribution in [1.82, 2.24) is 0 Å². The van der Waals surface area contributed by atoms with E-state index in [0.717, 1.165) is 28.5 Å². The maximum absolute atomic E-state index is 5.20. The Labute approximate surface area is 101 Å². The molecule has 2 rings (SSSR count). The summed E-state index contributed by atoms with van der Waals surface area (Å²) in [7, 11) is 0. The normalized spacial score (nSPS) is 10.6. The van der Waals surface area contributed by atoms with Gasteiger partial charge in [-0.2, -0.15) is 0 Å². The second kappa shape index (κ2) is 3.62. The van der Waals surface area contributed by atoms with Crippen molar-refractivity contribution in [3.8, 4) is 0 Å². The van der Waals surface area contributed by atoms with Crippen LogP contribution in [0.4, 0.5) is 0 Å². The Morgan fingerprint density at radius 1 is 0.500 bits per heavy atom. The Bertz CT molecular complexity index is 623. The van der Waals surface area contributed by atoms with Crippen LogP contribution in [0.1, 0.15) is 0 Å². The molecule has 68 valence electrons. The van der Waals surface area contributed by atoms with Crippen molar-refractivity contribution in [2.75, 3.05) is 0 Å². The highest BCUT2D eigenvalue weighted by atomic mass is 32.1. The highest BCUT2D eigenvalue weighted by molar-refractivity contribution is 7.72. The van der Waals surface area contributed by atoms with Gasteiger partial charge in [-0.25, -0.2) is 0 Å². The van der Waals surface area contributed by atoms with E-state index in [1.807, 2.05) is 24.3 Å². The van der Waals surface area contributed by atoms with Crippen LogP contribution in [0.3, 0.4) is 0 Å². The predicted molar refractivity (Wildman–Crippen MR) is 67.5 cm³/mol. The smallest absolute Gasteiger partial charge is 0.0471 e. The summed E-state index contributed by atoms with van der Waals surface area (Å²) in [6.07, 6.45) is 0. The summed E-state index contributed by atoms with van der Waals surface area (Å²) in [5.41, 5.74) is 0. The van der Waals surface area contributed by atoms with Crippen molar-refractivity contribution in [2.45, 2.75) is 0 Å². The summed E-state index contributed by atoms with van der Waals surface area (Å²) in [5, 5.41) is 1.71. The molecule has 0 nitrogen and oxygen atoms in total. The molecule has 0 amide bonds. The molecule has 0 saturated heterocycles. The number of hydrogen-bond acceptors (Lipinski definition) is 4. The predicted octanol–water partition coefficient (Wildman–Crippen LogP) is 4.20. The van der Waals surface area contributed by atoms with Crippen LogP contribution in [0.5, 0.6) is 0 Å². The molecule has 4 heteroatoms. The quantitative estimate of drug-likeness (QED) is 0.644. The molecule has 0 aliphatic heterocycles. The van der Waals surface area contributed by atoms with E-state index < -0.39 is 0 Å². The molecule has 0 radical (unpaired) electrons. The van der Waals surface area contributed by atoms with Gasteiger partial charge in [-0.05, 0) is 24.3 Å². The molecule has 0 aromatic carbocycles. The Kier molecular flexibility index (Phi) is 2.62. The topological polar surface area (TPSA) is 0 Å². The molecule has 0 atom stereocenters. The molecule has 0 spiro atoms. The second-order valence-corrected chi connectivity index (χ2v) is 4.63. The van der Waals surface area contributed by atoms with E-state index in [9.17, 15) is 0 Å². The van der Waals surface area contributed by atoms with E-state index in [-0.39, 0.29) is 0 Å². The Hall–Kier alpha value is -0.420. The van der Waals surface area contributed by atoms with Gasteiger partial charge in [0.05, 0.1) is 0 Å². The van der Waals surface area contributed by atoms with Crippen LogP contribution < -0.4 is 0 Å². The standard InChI is InChI=1S/C10H4S4/c11-5-1-2-6(12)10-8(14)4-3-7(13)9(5)10/h1-4H. The van der Waals surface area contributed by atoms with Gasteiger partial charge in [0.1, 0.15) is 0 Å². The first-order valence-corrected chi connectivity index (χ1v) is 5.52. The fourth-order valence-electron chi connectivity index (χ4n) is 1.37. The Balaban J connectivity index is 3.58. The summed E-state index contributed by atoms with van der Waals surface area (Å²) in [6, 6.07) is 7.24. The molecule has 0 fully saturated rings. The lowest BCUT2D eigenvalue weighted by Gasteiger charge is -1.92. The van der Waals surface area contributed by atoms with Crippen molar-refractivity contribution in [1.29, 1.82) is 0 Å². The largest absolute Gasteiger partial charge is 0.0794 e. The molecule has 0 aromatic heterocycles. The van der Waals surface area contributed by atoms with Gasteiger partial charge in [0.15, 0.2) is 0 Å². The van der Waals surface area contributed by atoms with E-state index in [1.54, 1.807) is 0 Å². The highest BCUT2D eigenvalue weighted by Gasteiger charge is 1.96. The van der Waals surface area contributed by atoms with E-state index in [4.69, 9.17) is 48.9 Å². The van der Waals surface area contributed by atoms with E-state index in [1.165, 1.54) is 0 Å². The van der Waals surface area contributed by atoms with Crippen LogP contribution in [-0.2, 0) is 0 Å². The van der Waals surface area contributed by atoms with Crippen LogP contribution in [-0.4, -0.2) is 0 Å². The first kappa shape index (κ1) is 10.1. The third-order valence-electron chi connectivity index (χ3n) is 2.01. The van der Waals surface area contributed by atoms with Crippen LogP contribution >= 0.6 is 48.9 Å². The first-order chi connectivity index (χ1) is 6.61. The van der Waals surface area contributed by atoms with Gasteiger partial charge in [-0.15, -0.1) is 0 Å². The van der Waals surface area contributed by atoms with Crippen molar-refractivity contribution in [2.24, 2.45) is 0 Å². The molecule has 0 aromatic rings. The molecule has 14 heavy (non-hydrogen) atoms. The molecule has 0 heterocycles. The lowest BCUT2D eigenvalue weighted by Crippen LogP contribution is -1.82. The fourth-order valence-corrected chi connectivity index (χ4v) is 2.62. The van der Waals surface area contributed by atoms with E-state index in [2.05, 4.69) is 0 Å². The van der Waals surface area contributed by atoms with Gasteiger partial charge < -0.3 is 0 Å². The third kappa shape index (κ3) is 1.48. The minimum absolute atomic E-state index is 0.727. The van der Waals surface area contributed by atoms with E-state index >= 15 is 0 Å². The lowest BCUT2D eigenvalue weighted by molar-refractivity contribution is 1.40. The van der Waals surface area contributed by atoms with Gasteiger partial charge in [0.25, 0.3) is 0 Å². The van der Waals surface area contributed by atoms with Crippen molar-refractivity contribution >= 4 is 48.9 Å². The van der Waals surface area contributed by atoms with Crippen molar-refractivity contribution in [3.05, 3.63) is 52.7 Å². The second-order valence-electron chi connectivity index (χ2n) is 2.87. The van der Waals surface area contributed by atoms with Gasteiger partial charge in [0, 0.05) is 28.5 Å². The average molecular weight is 252 g/mol. The van der Waals surface area contributed by atoms with Gasteiger partial charge in [-0.1, -0.05) is 48.9 Å². The zero-order valence-electron chi connectivity index (χ0n) is 6.94. The Morgan fingerprint density at radius 3 is 0.929 bits per heavy atom. The SMILES string of the molecule is S=c1ccc(=S)c2c(=S)ccc(=S)c1=2. The van der Waals surface area contributed by atoms with Crippen LogP contribution in [0.2, 0.25) is 0 Å². The van der Waals surface area contributed by atoms with Crippen LogP contribution in [0.25, 0.3) is 0 Å². The summed E-state index contributed by atoms with van der Waals surface area (Å²) in [5.74, 6) is 0. The molecular weight excluding hydrogens is 248 g/mol. The minimum Gasteiger partial charge on any atom is -0.0794 e. The molecule has 2 aliphatic rings. The van der Waals surface area contributed by atoms with Gasteiger partial charge in [-0.3, -0.25) is 0 Å². The molecular formula is C10H4S4. The van der Waals surface area contributed by atoms with Gasteiger partial charge >= 0.3 is 0 Å². The fraction of sp³-hybridized carbons (Fsp3) is 0.